The van der Waals surface area contributed by atoms with Crippen LogP contribution in [0.4, 0.5) is 5.82 Å². The monoisotopic (exact) mass is 189 g/mol. The van der Waals surface area contributed by atoms with E-state index in [0.29, 0.717) is 17.0 Å². The number of nitrogen functional groups attached to an aromatic ring is 1. The van der Waals surface area contributed by atoms with Gasteiger partial charge in [0.05, 0.1) is 5.39 Å². The Morgan fingerprint density at radius 2 is 2.21 bits per heavy atom. The first-order valence-electron chi connectivity index (χ1n) is 4.04. The van der Waals surface area contributed by atoms with Crippen molar-refractivity contribution in [3.63, 3.8) is 0 Å². The molecule has 0 amide bonds. The molecule has 0 radical (unpaired) electrons. The summed E-state index contributed by atoms with van der Waals surface area (Å²) in [5.41, 5.74) is 7.06. The predicted octanol–water partition coefficient (Wildman–Crippen LogP) is -0.407. The Hall–Kier alpha value is -2.18. The average molecular weight is 189 g/mol. The van der Waals surface area contributed by atoms with Crippen LogP contribution in [0.15, 0.2) is 12.5 Å². The molecule has 0 fully saturated rings. The van der Waals surface area contributed by atoms with Gasteiger partial charge in [-0.1, -0.05) is 0 Å². The second-order valence-corrected chi connectivity index (χ2v) is 3.05. The van der Waals surface area contributed by atoms with E-state index in [1.165, 1.54) is 6.33 Å². The minimum Gasteiger partial charge on any atom is -0.380 e. The van der Waals surface area contributed by atoms with Crippen LogP contribution >= 0.6 is 0 Å². The summed E-state index contributed by atoms with van der Waals surface area (Å²) in [5, 5.41) is 16.8. The van der Waals surface area contributed by atoms with Gasteiger partial charge in [-0.25, -0.2) is 0 Å². The Bertz CT molecular complexity index is 619. The third kappa shape index (κ3) is 0.754. The van der Waals surface area contributed by atoms with E-state index in [0.717, 1.165) is 5.39 Å². The van der Waals surface area contributed by atoms with E-state index in [-0.39, 0.29) is 0 Å². The molecule has 0 unspecified atom stereocenters. The van der Waals surface area contributed by atoms with Crippen molar-refractivity contribution in [2.24, 2.45) is 7.05 Å². The highest BCUT2D eigenvalue weighted by Crippen LogP contribution is 2.19. The second kappa shape index (κ2) is 2.19. The molecule has 0 spiro atoms. The average Bonchev–Trinajstić information content (AvgIpc) is 2.69. The fourth-order valence-electron chi connectivity index (χ4n) is 1.49. The number of aromatic nitrogens is 6. The molecule has 7 heteroatoms. The van der Waals surface area contributed by atoms with Crippen LogP contribution in [0.5, 0.6) is 0 Å². The Morgan fingerprint density at radius 1 is 1.36 bits per heavy atom. The van der Waals surface area contributed by atoms with Gasteiger partial charge in [-0.15, -0.1) is 15.3 Å². The lowest BCUT2D eigenvalue weighted by molar-refractivity contribution is 0.779. The summed E-state index contributed by atoms with van der Waals surface area (Å²) in [6, 6.07) is 0. The van der Waals surface area contributed by atoms with Gasteiger partial charge in [-0.05, 0) is 0 Å². The van der Waals surface area contributed by atoms with Crippen molar-refractivity contribution in [1.29, 1.82) is 0 Å². The van der Waals surface area contributed by atoms with E-state index in [4.69, 9.17) is 5.73 Å². The van der Waals surface area contributed by atoms with Gasteiger partial charge in [0.2, 0.25) is 0 Å². The minimum atomic E-state index is 0.382. The summed E-state index contributed by atoms with van der Waals surface area (Å²) in [6.07, 6.45) is 3.36. The van der Waals surface area contributed by atoms with Gasteiger partial charge >= 0.3 is 0 Å². The number of rotatable bonds is 0. The minimum absolute atomic E-state index is 0.382. The van der Waals surface area contributed by atoms with Crippen LogP contribution in [0.1, 0.15) is 0 Å². The molecule has 7 nitrogen and oxygen atoms in total. The SMILES string of the molecule is Cn1cc2c(n1)c(N)nn1cnnc21. The molecule has 0 aliphatic heterocycles. The van der Waals surface area contributed by atoms with Crippen LogP contribution in [-0.4, -0.2) is 29.6 Å². The van der Waals surface area contributed by atoms with Crippen molar-refractivity contribution in [3.8, 4) is 0 Å². The molecule has 0 saturated carbocycles. The first kappa shape index (κ1) is 7.25. The maximum atomic E-state index is 5.73. The van der Waals surface area contributed by atoms with Crippen molar-refractivity contribution >= 4 is 22.4 Å². The molecule has 0 saturated heterocycles. The van der Waals surface area contributed by atoms with E-state index >= 15 is 0 Å². The molecule has 3 rings (SSSR count). The van der Waals surface area contributed by atoms with Gasteiger partial charge in [-0.3, -0.25) is 4.68 Å². The summed E-state index contributed by atoms with van der Waals surface area (Å²) in [5.74, 6) is 0.382. The van der Waals surface area contributed by atoms with Crippen molar-refractivity contribution < 1.29 is 0 Å². The molecule has 3 heterocycles. The van der Waals surface area contributed by atoms with Gasteiger partial charge < -0.3 is 5.73 Å². The van der Waals surface area contributed by atoms with E-state index in [9.17, 15) is 0 Å². The lowest BCUT2D eigenvalue weighted by Gasteiger charge is -1.94. The van der Waals surface area contributed by atoms with Crippen LogP contribution in [0.25, 0.3) is 16.6 Å². The Kier molecular flexibility index (Phi) is 1.13. The fourth-order valence-corrected chi connectivity index (χ4v) is 1.49. The summed E-state index contributed by atoms with van der Waals surface area (Å²) < 4.78 is 3.22. The predicted molar refractivity (Wildman–Crippen MR) is 49.5 cm³/mol. The molecule has 0 aromatic carbocycles. The standard InChI is InChI=1S/C7H7N7/c1-13-2-4-5(11-13)6(8)12-14-3-9-10-7(4)14/h2-3H,1H3,(H2,8,12). The summed E-state index contributed by atoms with van der Waals surface area (Å²) in [4.78, 5) is 0. The van der Waals surface area contributed by atoms with Gasteiger partial charge in [0.1, 0.15) is 11.8 Å². The quantitative estimate of drug-likeness (QED) is 0.519. The lowest BCUT2D eigenvalue weighted by Crippen LogP contribution is -1.98. The number of anilines is 1. The van der Waals surface area contributed by atoms with E-state index < -0.39 is 0 Å². The molecule has 14 heavy (non-hydrogen) atoms. The van der Waals surface area contributed by atoms with Crippen LogP contribution in [0.2, 0.25) is 0 Å². The first-order valence-corrected chi connectivity index (χ1v) is 4.04. The van der Waals surface area contributed by atoms with Crippen LogP contribution in [0.3, 0.4) is 0 Å². The van der Waals surface area contributed by atoms with Crippen LogP contribution < -0.4 is 5.73 Å². The van der Waals surface area contributed by atoms with E-state index in [1.54, 1.807) is 9.20 Å². The van der Waals surface area contributed by atoms with Crippen molar-refractivity contribution in [3.05, 3.63) is 12.5 Å². The molecule has 0 atom stereocenters. The third-order valence-electron chi connectivity index (χ3n) is 2.06. The molecule has 0 aliphatic carbocycles. The fraction of sp³-hybridized carbons (Fsp3) is 0.143. The molecule has 0 bridgehead atoms. The summed E-state index contributed by atoms with van der Waals surface area (Å²) >= 11 is 0. The first-order chi connectivity index (χ1) is 6.75. The number of hydrogen-bond acceptors (Lipinski definition) is 5. The van der Waals surface area contributed by atoms with Crippen LogP contribution in [-0.2, 0) is 7.05 Å². The van der Waals surface area contributed by atoms with Crippen molar-refractivity contribution in [2.75, 3.05) is 5.73 Å². The highest BCUT2D eigenvalue weighted by Gasteiger charge is 2.10. The topological polar surface area (TPSA) is 86.9 Å². The van der Waals surface area contributed by atoms with Gasteiger partial charge in [0.25, 0.3) is 0 Å². The molecular formula is C7H7N7. The van der Waals surface area contributed by atoms with Crippen LogP contribution in [0, 0.1) is 0 Å². The molecule has 70 valence electrons. The summed E-state index contributed by atoms with van der Waals surface area (Å²) in [7, 11) is 1.83. The number of hydrogen-bond donors (Lipinski definition) is 1. The molecular weight excluding hydrogens is 182 g/mol. The lowest BCUT2D eigenvalue weighted by atomic mass is 10.3. The second-order valence-electron chi connectivity index (χ2n) is 3.05. The Balaban J connectivity index is 2.65. The van der Waals surface area contributed by atoms with Gasteiger partial charge in [0.15, 0.2) is 11.5 Å². The zero-order chi connectivity index (χ0) is 9.71. The molecule has 3 aromatic rings. The smallest absolute Gasteiger partial charge is 0.188 e. The molecule has 3 aromatic heterocycles. The number of nitrogens with zero attached hydrogens (tertiary/aromatic N) is 6. The summed E-state index contributed by atoms with van der Waals surface area (Å²) in [6.45, 7) is 0. The Labute approximate surface area is 78.1 Å². The van der Waals surface area contributed by atoms with E-state index in [1.807, 2.05) is 13.2 Å². The van der Waals surface area contributed by atoms with E-state index in [2.05, 4.69) is 20.4 Å². The van der Waals surface area contributed by atoms with Gasteiger partial charge in [0, 0.05) is 13.2 Å². The maximum Gasteiger partial charge on any atom is 0.188 e. The zero-order valence-corrected chi connectivity index (χ0v) is 7.42. The normalized spacial score (nSPS) is 11.5. The number of nitrogens with two attached hydrogens (primary N) is 1. The largest absolute Gasteiger partial charge is 0.380 e. The molecule has 2 N–H and O–H groups in total. The maximum absolute atomic E-state index is 5.73. The highest BCUT2D eigenvalue weighted by atomic mass is 15.4. The highest BCUT2D eigenvalue weighted by molar-refractivity contribution is 5.96. The van der Waals surface area contributed by atoms with Crippen molar-refractivity contribution in [1.82, 2.24) is 29.6 Å². The zero-order valence-electron chi connectivity index (χ0n) is 7.42. The molecule has 0 aliphatic rings. The third-order valence-corrected chi connectivity index (χ3v) is 2.06. The van der Waals surface area contributed by atoms with Crippen molar-refractivity contribution in [2.45, 2.75) is 0 Å². The van der Waals surface area contributed by atoms with Gasteiger partial charge in [-0.2, -0.15) is 9.61 Å². The Morgan fingerprint density at radius 3 is 3.07 bits per heavy atom. The number of aryl methyl sites for hydroxylation is 1. The number of fused-ring (bicyclic) bond motifs is 3.